The van der Waals surface area contributed by atoms with Crippen LogP contribution in [-0.4, -0.2) is 11.2 Å². The molecule has 1 aliphatic carbocycles. The van der Waals surface area contributed by atoms with Crippen LogP contribution in [0.1, 0.15) is 50.5 Å². The normalized spacial score (nSPS) is 19.7. The van der Waals surface area contributed by atoms with Crippen molar-refractivity contribution in [1.29, 1.82) is 0 Å². The lowest BCUT2D eigenvalue weighted by atomic mass is 9.85. The van der Waals surface area contributed by atoms with Gasteiger partial charge in [-0.2, -0.15) is 0 Å². The van der Waals surface area contributed by atoms with Crippen LogP contribution in [-0.2, 0) is 6.42 Å². The van der Waals surface area contributed by atoms with Crippen LogP contribution in [0, 0.1) is 11.7 Å². The second-order valence-corrected chi connectivity index (χ2v) is 5.98. The Morgan fingerprint density at radius 2 is 1.79 bits per heavy atom. The Morgan fingerprint density at radius 3 is 2.42 bits per heavy atom. The van der Waals surface area contributed by atoms with E-state index in [1.54, 1.807) is 12.1 Å². The van der Waals surface area contributed by atoms with Gasteiger partial charge in [-0.15, -0.1) is 0 Å². The Labute approximate surface area is 119 Å². The fourth-order valence-electron chi connectivity index (χ4n) is 2.98. The van der Waals surface area contributed by atoms with Crippen molar-refractivity contribution >= 4 is 11.6 Å². The third kappa shape index (κ3) is 4.19. The van der Waals surface area contributed by atoms with E-state index in [-0.39, 0.29) is 11.7 Å². The van der Waals surface area contributed by atoms with Crippen molar-refractivity contribution in [3.63, 3.8) is 0 Å². The summed E-state index contributed by atoms with van der Waals surface area (Å²) in [4.78, 5) is 0. The highest BCUT2D eigenvalue weighted by atomic mass is 35.5. The number of aliphatic hydroxyl groups excluding tert-OH is 1. The van der Waals surface area contributed by atoms with E-state index in [9.17, 15) is 9.50 Å². The maximum Gasteiger partial charge on any atom is 0.127 e. The average Bonchev–Trinajstić information content (AvgIpc) is 2.33. The molecule has 0 radical (unpaired) electrons. The number of benzene rings is 1. The number of rotatable bonds is 3. The molecule has 0 heterocycles. The quantitative estimate of drug-likeness (QED) is 0.850. The van der Waals surface area contributed by atoms with Gasteiger partial charge in [0.05, 0.1) is 6.10 Å². The molecule has 0 amide bonds. The molecule has 0 aromatic heterocycles. The van der Waals surface area contributed by atoms with Gasteiger partial charge < -0.3 is 5.11 Å². The predicted molar refractivity (Wildman–Crippen MR) is 76.9 cm³/mol. The number of aliphatic hydroxyl groups is 1. The second kappa shape index (κ2) is 7.25. The Morgan fingerprint density at radius 1 is 1.16 bits per heavy atom. The van der Waals surface area contributed by atoms with Gasteiger partial charge in [0.1, 0.15) is 5.82 Å². The van der Waals surface area contributed by atoms with Gasteiger partial charge in [-0.3, -0.25) is 0 Å². The van der Waals surface area contributed by atoms with Crippen molar-refractivity contribution in [2.24, 2.45) is 5.92 Å². The molecule has 1 aliphatic rings. The van der Waals surface area contributed by atoms with Gasteiger partial charge in [-0.05, 0) is 30.9 Å². The molecule has 1 N–H and O–H groups in total. The summed E-state index contributed by atoms with van der Waals surface area (Å²) in [6, 6.07) is 4.69. The van der Waals surface area contributed by atoms with Crippen molar-refractivity contribution in [2.45, 2.75) is 57.5 Å². The first kappa shape index (κ1) is 14.8. The van der Waals surface area contributed by atoms with E-state index in [2.05, 4.69) is 0 Å². The van der Waals surface area contributed by atoms with Gasteiger partial charge in [0.25, 0.3) is 0 Å². The van der Waals surface area contributed by atoms with Gasteiger partial charge in [0.2, 0.25) is 0 Å². The Bertz CT molecular complexity index is 379. The zero-order valence-electron chi connectivity index (χ0n) is 11.2. The van der Waals surface area contributed by atoms with Crippen LogP contribution in [0.5, 0.6) is 0 Å². The molecule has 19 heavy (non-hydrogen) atoms. The first-order chi connectivity index (χ1) is 9.18. The molecular formula is C16H22ClFO. The Hall–Kier alpha value is -0.600. The molecule has 2 rings (SSSR count). The molecule has 1 aromatic carbocycles. The van der Waals surface area contributed by atoms with Crippen LogP contribution in [0.3, 0.4) is 0 Å². The van der Waals surface area contributed by atoms with E-state index in [0.29, 0.717) is 17.0 Å². The number of hydrogen-bond acceptors (Lipinski definition) is 1. The zero-order valence-corrected chi connectivity index (χ0v) is 12.0. The summed E-state index contributed by atoms with van der Waals surface area (Å²) in [5.74, 6) is -0.0200. The largest absolute Gasteiger partial charge is 0.392 e. The molecule has 1 unspecified atom stereocenters. The standard InChI is InChI=1S/C16H22ClFO/c17-14-9-6-10-15(18)13(14)11-16(19)12-7-4-2-1-3-5-8-12/h6,9-10,12,16,19H,1-5,7-8,11H2. The van der Waals surface area contributed by atoms with E-state index in [4.69, 9.17) is 11.6 Å². The summed E-state index contributed by atoms with van der Waals surface area (Å²) in [6.07, 6.45) is 8.11. The summed E-state index contributed by atoms with van der Waals surface area (Å²) < 4.78 is 13.7. The molecule has 1 fully saturated rings. The van der Waals surface area contributed by atoms with Gasteiger partial charge in [-0.1, -0.05) is 49.8 Å². The minimum atomic E-state index is -0.479. The smallest absolute Gasteiger partial charge is 0.127 e. The average molecular weight is 285 g/mol. The molecule has 1 nitrogen and oxygen atoms in total. The number of hydrogen-bond donors (Lipinski definition) is 1. The monoisotopic (exact) mass is 284 g/mol. The van der Waals surface area contributed by atoms with Crippen LogP contribution in [0.15, 0.2) is 18.2 Å². The fraction of sp³-hybridized carbons (Fsp3) is 0.625. The second-order valence-electron chi connectivity index (χ2n) is 5.58. The molecule has 1 saturated carbocycles. The third-order valence-corrected chi connectivity index (χ3v) is 4.52. The molecule has 0 bridgehead atoms. The molecular weight excluding hydrogens is 263 g/mol. The van der Waals surface area contributed by atoms with Crippen molar-refractivity contribution in [3.05, 3.63) is 34.6 Å². The van der Waals surface area contributed by atoms with E-state index < -0.39 is 6.10 Å². The van der Waals surface area contributed by atoms with Crippen molar-refractivity contribution in [3.8, 4) is 0 Å². The number of halogens is 2. The molecule has 3 heteroatoms. The fourth-order valence-corrected chi connectivity index (χ4v) is 3.22. The summed E-state index contributed by atoms with van der Waals surface area (Å²) in [5, 5.41) is 10.8. The van der Waals surface area contributed by atoms with Gasteiger partial charge in [0.15, 0.2) is 0 Å². The molecule has 106 valence electrons. The Kier molecular flexibility index (Phi) is 5.65. The van der Waals surface area contributed by atoms with E-state index in [1.165, 1.54) is 38.2 Å². The molecule has 0 spiro atoms. The van der Waals surface area contributed by atoms with Crippen LogP contribution in [0.4, 0.5) is 4.39 Å². The molecule has 0 saturated heterocycles. The van der Waals surface area contributed by atoms with Crippen LogP contribution >= 0.6 is 11.6 Å². The van der Waals surface area contributed by atoms with Crippen LogP contribution in [0.2, 0.25) is 5.02 Å². The summed E-state index contributed by atoms with van der Waals surface area (Å²) >= 11 is 6.02. The molecule has 1 aromatic rings. The van der Waals surface area contributed by atoms with E-state index in [1.807, 2.05) is 0 Å². The maximum absolute atomic E-state index is 13.7. The highest BCUT2D eigenvalue weighted by Gasteiger charge is 2.22. The predicted octanol–water partition coefficient (Wildman–Crippen LogP) is 4.74. The maximum atomic E-state index is 13.7. The van der Waals surface area contributed by atoms with Crippen molar-refractivity contribution in [2.75, 3.05) is 0 Å². The summed E-state index contributed by atoms with van der Waals surface area (Å²) in [7, 11) is 0. The summed E-state index contributed by atoms with van der Waals surface area (Å²) in [5.41, 5.74) is 0.457. The van der Waals surface area contributed by atoms with Crippen molar-refractivity contribution in [1.82, 2.24) is 0 Å². The van der Waals surface area contributed by atoms with Gasteiger partial charge in [-0.25, -0.2) is 4.39 Å². The van der Waals surface area contributed by atoms with Crippen LogP contribution in [0.25, 0.3) is 0 Å². The lowest BCUT2D eigenvalue weighted by Gasteiger charge is -2.25. The van der Waals surface area contributed by atoms with Gasteiger partial charge >= 0.3 is 0 Å². The molecule has 1 atom stereocenters. The van der Waals surface area contributed by atoms with E-state index >= 15 is 0 Å². The lowest BCUT2D eigenvalue weighted by molar-refractivity contribution is 0.0905. The SMILES string of the molecule is OC(Cc1c(F)cccc1Cl)C1CCCCCCC1. The van der Waals surface area contributed by atoms with Crippen LogP contribution < -0.4 is 0 Å². The first-order valence-electron chi connectivity index (χ1n) is 7.29. The highest BCUT2D eigenvalue weighted by molar-refractivity contribution is 6.31. The van der Waals surface area contributed by atoms with E-state index in [0.717, 1.165) is 12.8 Å². The lowest BCUT2D eigenvalue weighted by Crippen LogP contribution is -2.24. The van der Waals surface area contributed by atoms with Gasteiger partial charge in [0, 0.05) is 17.0 Å². The highest BCUT2D eigenvalue weighted by Crippen LogP contribution is 2.28. The molecule has 0 aliphatic heterocycles. The third-order valence-electron chi connectivity index (χ3n) is 4.17. The minimum absolute atomic E-state index is 0.288. The zero-order chi connectivity index (χ0) is 13.7. The summed E-state index contributed by atoms with van der Waals surface area (Å²) in [6.45, 7) is 0. The minimum Gasteiger partial charge on any atom is -0.392 e. The van der Waals surface area contributed by atoms with Crippen molar-refractivity contribution < 1.29 is 9.50 Å². The topological polar surface area (TPSA) is 20.2 Å². The Balaban J connectivity index is 2.00. The first-order valence-corrected chi connectivity index (χ1v) is 7.67.